The van der Waals surface area contributed by atoms with Crippen LogP contribution in [0.2, 0.25) is 0 Å². The maximum atomic E-state index is 13.1. The van der Waals surface area contributed by atoms with Crippen LogP contribution in [-0.2, 0) is 20.7 Å². The van der Waals surface area contributed by atoms with Crippen LogP contribution in [0.5, 0.6) is 0 Å². The molecule has 1 amide bonds. The summed E-state index contributed by atoms with van der Waals surface area (Å²) in [5, 5.41) is 2.92. The van der Waals surface area contributed by atoms with E-state index in [1.165, 1.54) is 0 Å². The minimum Gasteiger partial charge on any atom is -0.457 e. The van der Waals surface area contributed by atoms with Gasteiger partial charge >= 0.3 is 13.1 Å². The molecule has 1 aliphatic rings. The molecule has 2 aromatic carbocycles. The van der Waals surface area contributed by atoms with E-state index in [0.717, 1.165) is 5.56 Å². The molecule has 0 atom stereocenters. The van der Waals surface area contributed by atoms with Gasteiger partial charge in [0.05, 0.1) is 16.8 Å². The quantitative estimate of drug-likeness (QED) is 0.529. The lowest BCUT2D eigenvalue weighted by Crippen LogP contribution is -2.41. The lowest BCUT2D eigenvalue weighted by atomic mass is 9.75. The maximum absolute atomic E-state index is 13.1. The number of carbonyl (C=O) groups is 2. The molecule has 3 rings (SSSR count). The van der Waals surface area contributed by atoms with Gasteiger partial charge in [-0.25, -0.2) is 4.79 Å². The maximum Gasteiger partial charge on any atom is 0.495 e. The van der Waals surface area contributed by atoms with Crippen molar-refractivity contribution in [2.24, 2.45) is 5.41 Å². The molecule has 0 aromatic heterocycles. The van der Waals surface area contributed by atoms with Crippen LogP contribution in [0.3, 0.4) is 0 Å². The molecule has 7 heteroatoms. The molecule has 1 saturated heterocycles. The molecule has 33 heavy (non-hydrogen) atoms. The smallest absolute Gasteiger partial charge is 0.457 e. The van der Waals surface area contributed by atoms with Gasteiger partial charge in [-0.3, -0.25) is 4.79 Å². The molecule has 1 aliphatic heterocycles. The van der Waals surface area contributed by atoms with Gasteiger partial charge in [-0.1, -0.05) is 57.2 Å². The molecule has 176 valence electrons. The predicted molar refractivity (Wildman–Crippen MR) is 130 cm³/mol. The summed E-state index contributed by atoms with van der Waals surface area (Å²) >= 11 is 0. The van der Waals surface area contributed by atoms with E-state index in [4.69, 9.17) is 14.0 Å². The van der Waals surface area contributed by atoms with Gasteiger partial charge in [-0.05, 0) is 56.3 Å². The van der Waals surface area contributed by atoms with E-state index in [0.29, 0.717) is 17.6 Å². The molecule has 1 heterocycles. The van der Waals surface area contributed by atoms with E-state index in [2.05, 4.69) is 5.32 Å². The number of carbonyl (C=O) groups excluding carboxylic acids is 2. The third-order valence-electron chi connectivity index (χ3n) is 6.03. The predicted octanol–water partition coefficient (Wildman–Crippen LogP) is 4.12. The van der Waals surface area contributed by atoms with Gasteiger partial charge in [0.1, 0.15) is 6.61 Å². The summed E-state index contributed by atoms with van der Waals surface area (Å²) in [7, 11) is -0.749. The van der Waals surface area contributed by atoms with Gasteiger partial charge in [-0.2, -0.15) is 0 Å². The fraction of sp³-hybridized carbons (Fsp3) is 0.462. The third-order valence-corrected chi connectivity index (χ3v) is 6.03. The Bertz CT molecular complexity index is 995. The second-order valence-electron chi connectivity index (χ2n) is 10.7. The van der Waals surface area contributed by atoms with E-state index in [-0.39, 0.29) is 23.5 Å². The van der Waals surface area contributed by atoms with Crippen LogP contribution in [0, 0.1) is 5.41 Å². The summed E-state index contributed by atoms with van der Waals surface area (Å²) in [5.74, 6) is -0.781. The number of nitrogens with one attached hydrogen (secondary N) is 1. The molecule has 0 spiro atoms. The van der Waals surface area contributed by atoms with Crippen molar-refractivity contribution in [3.63, 3.8) is 0 Å². The molecule has 1 fully saturated rings. The second kappa shape index (κ2) is 9.31. The number of rotatable bonds is 6. The van der Waals surface area contributed by atoms with Gasteiger partial charge in [0.15, 0.2) is 0 Å². The summed E-state index contributed by atoms with van der Waals surface area (Å²) in [5.41, 5.74) is 0.868. The number of amides is 1. The zero-order valence-electron chi connectivity index (χ0n) is 20.7. The topological polar surface area (TPSA) is 73.9 Å². The summed E-state index contributed by atoms with van der Waals surface area (Å²) in [6.45, 7) is 14.6. The normalized spacial score (nSPS) is 17.0. The third kappa shape index (κ3) is 6.03. The van der Waals surface area contributed by atoms with E-state index in [1.54, 1.807) is 18.2 Å². The van der Waals surface area contributed by atoms with Crippen LogP contribution in [-0.4, -0.2) is 36.7 Å². The van der Waals surface area contributed by atoms with Gasteiger partial charge < -0.3 is 19.4 Å². The first kappa shape index (κ1) is 25.0. The van der Waals surface area contributed by atoms with Crippen molar-refractivity contribution in [1.82, 2.24) is 5.32 Å². The Morgan fingerprint density at radius 1 is 0.970 bits per heavy atom. The molecular formula is C26H34BNO5. The molecule has 2 aromatic rings. The number of ether oxygens (including phenoxy) is 1. The van der Waals surface area contributed by atoms with Crippen LogP contribution in [0.25, 0.3) is 0 Å². The Kier molecular flexibility index (Phi) is 7.06. The number of esters is 1. The summed E-state index contributed by atoms with van der Waals surface area (Å²) in [6, 6.07) is 14.4. The van der Waals surface area contributed by atoms with Crippen molar-refractivity contribution in [1.29, 1.82) is 0 Å². The van der Waals surface area contributed by atoms with Crippen LogP contribution >= 0.6 is 0 Å². The van der Waals surface area contributed by atoms with Crippen molar-refractivity contribution < 1.29 is 23.6 Å². The van der Waals surface area contributed by atoms with Crippen molar-refractivity contribution in [2.45, 2.75) is 66.3 Å². The Hall–Kier alpha value is -2.64. The van der Waals surface area contributed by atoms with Crippen molar-refractivity contribution in [3.05, 3.63) is 65.2 Å². The minimum absolute atomic E-state index is 0.0598. The van der Waals surface area contributed by atoms with Crippen LogP contribution in [0.15, 0.2) is 48.5 Å². The first-order valence-electron chi connectivity index (χ1n) is 11.3. The van der Waals surface area contributed by atoms with Gasteiger partial charge in [0.2, 0.25) is 0 Å². The van der Waals surface area contributed by atoms with E-state index in [9.17, 15) is 9.59 Å². The second-order valence-corrected chi connectivity index (χ2v) is 10.7. The fourth-order valence-electron chi connectivity index (χ4n) is 3.30. The highest BCUT2D eigenvalue weighted by molar-refractivity contribution is 6.63. The SMILES string of the molecule is CC(C)(C)CNC(=O)c1ccc(B2OC(C)(C)C(C)(C)O2)c(C(=O)OCc2ccccc2)c1. The zero-order valence-corrected chi connectivity index (χ0v) is 20.7. The molecule has 0 bridgehead atoms. The standard InChI is InChI=1S/C26H34BNO5/c1-24(2,3)17-28-22(29)19-13-14-21(27-32-25(4,5)26(6,7)33-27)20(15-19)23(30)31-16-18-11-9-8-10-12-18/h8-15H,16-17H2,1-7H3,(H,28,29). The Balaban J connectivity index is 1.90. The van der Waals surface area contributed by atoms with Crippen LogP contribution < -0.4 is 10.8 Å². The monoisotopic (exact) mass is 451 g/mol. The van der Waals surface area contributed by atoms with Crippen molar-refractivity contribution in [3.8, 4) is 0 Å². The molecule has 1 N–H and O–H groups in total. The summed E-state index contributed by atoms with van der Waals surface area (Å²) in [4.78, 5) is 25.9. The largest absolute Gasteiger partial charge is 0.495 e. The lowest BCUT2D eigenvalue weighted by molar-refractivity contribution is 0.00578. The molecule has 0 unspecified atom stereocenters. The van der Waals surface area contributed by atoms with Gasteiger partial charge in [0, 0.05) is 12.1 Å². The van der Waals surface area contributed by atoms with Gasteiger partial charge in [-0.15, -0.1) is 0 Å². The van der Waals surface area contributed by atoms with Crippen molar-refractivity contribution in [2.75, 3.05) is 6.54 Å². The highest BCUT2D eigenvalue weighted by Gasteiger charge is 2.52. The first-order chi connectivity index (χ1) is 15.3. The fourth-order valence-corrected chi connectivity index (χ4v) is 3.30. The van der Waals surface area contributed by atoms with E-state index in [1.807, 2.05) is 78.8 Å². The minimum atomic E-state index is -0.749. The summed E-state index contributed by atoms with van der Waals surface area (Å²) in [6.07, 6.45) is 0. The van der Waals surface area contributed by atoms with Crippen LogP contribution in [0.4, 0.5) is 0 Å². The Labute approximate surface area is 197 Å². The molecule has 0 aliphatic carbocycles. The van der Waals surface area contributed by atoms with Crippen molar-refractivity contribution >= 4 is 24.5 Å². The first-order valence-corrected chi connectivity index (χ1v) is 11.3. The summed E-state index contributed by atoms with van der Waals surface area (Å²) < 4.78 is 17.9. The number of hydrogen-bond donors (Lipinski definition) is 1. The van der Waals surface area contributed by atoms with E-state index >= 15 is 0 Å². The van der Waals surface area contributed by atoms with Gasteiger partial charge in [0.25, 0.3) is 5.91 Å². The average Bonchev–Trinajstić information content (AvgIpc) is 2.97. The highest BCUT2D eigenvalue weighted by atomic mass is 16.7. The lowest BCUT2D eigenvalue weighted by Gasteiger charge is -2.32. The molecular weight excluding hydrogens is 417 g/mol. The average molecular weight is 451 g/mol. The number of benzene rings is 2. The highest BCUT2D eigenvalue weighted by Crippen LogP contribution is 2.36. The van der Waals surface area contributed by atoms with E-state index < -0.39 is 24.3 Å². The number of hydrogen-bond acceptors (Lipinski definition) is 5. The Morgan fingerprint density at radius 2 is 1.58 bits per heavy atom. The molecule has 0 radical (unpaired) electrons. The van der Waals surface area contributed by atoms with Crippen LogP contribution in [0.1, 0.15) is 74.7 Å². The zero-order chi connectivity index (χ0) is 24.4. The molecule has 6 nitrogen and oxygen atoms in total. The molecule has 0 saturated carbocycles. The Morgan fingerprint density at radius 3 is 2.15 bits per heavy atom.